The molecule has 0 heterocycles. The van der Waals surface area contributed by atoms with Crippen molar-refractivity contribution in [2.75, 3.05) is 10.5 Å². The van der Waals surface area contributed by atoms with E-state index in [1.807, 2.05) is 13.0 Å². The lowest BCUT2D eigenvalue weighted by Gasteiger charge is -2.10. The highest BCUT2D eigenvalue weighted by atomic mass is 79.9. The van der Waals surface area contributed by atoms with E-state index in [1.165, 1.54) is 6.07 Å². The molecule has 0 unspecified atom stereocenters. The zero-order valence-electron chi connectivity index (χ0n) is 11.1. The minimum atomic E-state index is -3.64. The van der Waals surface area contributed by atoms with Gasteiger partial charge in [0, 0.05) is 10.2 Å². The van der Waals surface area contributed by atoms with Crippen LogP contribution < -0.4 is 10.5 Å². The molecule has 2 aromatic carbocycles. The number of anilines is 2. The van der Waals surface area contributed by atoms with E-state index in [0.29, 0.717) is 11.4 Å². The van der Waals surface area contributed by atoms with Crippen LogP contribution in [0.15, 0.2) is 45.8 Å². The summed E-state index contributed by atoms with van der Waals surface area (Å²) in [5, 5.41) is 0. The quantitative estimate of drug-likeness (QED) is 0.829. The van der Waals surface area contributed by atoms with Crippen LogP contribution in [-0.2, 0) is 10.0 Å². The van der Waals surface area contributed by atoms with Crippen molar-refractivity contribution < 1.29 is 8.42 Å². The Morgan fingerprint density at radius 2 is 1.65 bits per heavy atom. The molecule has 0 fully saturated rings. The molecule has 2 rings (SSSR count). The van der Waals surface area contributed by atoms with Gasteiger partial charge in [0.2, 0.25) is 0 Å². The summed E-state index contributed by atoms with van der Waals surface area (Å²) < 4.78 is 28.1. The standard InChI is InChI=1S/C14H15BrN2O2S/c1-9-3-11(15)7-13(5-9)17-20(18,19)14-6-10(2)4-12(16)8-14/h3-8,17H,16H2,1-2H3. The highest BCUT2D eigenvalue weighted by Gasteiger charge is 2.15. The summed E-state index contributed by atoms with van der Waals surface area (Å²) in [6, 6.07) is 10.1. The average Bonchev–Trinajstić information content (AvgIpc) is 2.25. The minimum absolute atomic E-state index is 0.160. The molecule has 0 atom stereocenters. The Hall–Kier alpha value is -1.53. The van der Waals surface area contributed by atoms with E-state index >= 15 is 0 Å². The summed E-state index contributed by atoms with van der Waals surface area (Å²) in [4.78, 5) is 0.160. The number of halogens is 1. The number of hydrogen-bond donors (Lipinski definition) is 2. The second-order valence-corrected chi connectivity index (χ2v) is 7.30. The smallest absolute Gasteiger partial charge is 0.261 e. The Balaban J connectivity index is 2.40. The molecule has 0 saturated heterocycles. The molecule has 0 aromatic heterocycles. The normalized spacial score (nSPS) is 11.3. The zero-order chi connectivity index (χ0) is 14.9. The maximum absolute atomic E-state index is 12.3. The van der Waals surface area contributed by atoms with Crippen molar-refractivity contribution in [3.05, 3.63) is 52.0 Å². The molecule has 106 valence electrons. The van der Waals surface area contributed by atoms with Gasteiger partial charge in [-0.25, -0.2) is 8.42 Å². The molecule has 0 radical (unpaired) electrons. The first-order valence-electron chi connectivity index (χ1n) is 5.93. The number of hydrogen-bond acceptors (Lipinski definition) is 3. The second kappa shape index (κ2) is 5.46. The van der Waals surface area contributed by atoms with E-state index in [2.05, 4.69) is 20.7 Å². The summed E-state index contributed by atoms with van der Waals surface area (Å²) in [6.45, 7) is 3.70. The maximum Gasteiger partial charge on any atom is 0.261 e. The van der Waals surface area contributed by atoms with Crippen molar-refractivity contribution in [1.29, 1.82) is 0 Å². The van der Waals surface area contributed by atoms with Gasteiger partial charge in [0.15, 0.2) is 0 Å². The highest BCUT2D eigenvalue weighted by Crippen LogP contribution is 2.23. The second-order valence-electron chi connectivity index (χ2n) is 4.70. The molecule has 0 spiro atoms. The Bertz CT molecular complexity index is 717. The first kappa shape index (κ1) is 14.9. The van der Waals surface area contributed by atoms with Crippen LogP contribution in [-0.4, -0.2) is 8.42 Å². The Morgan fingerprint density at radius 3 is 2.25 bits per heavy atom. The predicted octanol–water partition coefficient (Wildman–Crippen LogP) is 3.45. The number of sulfonamides is 1. The summed E-state index contributed by atoms with van der Waals surface area (Å²) in [6.07, 6.45) is 0. The van der Waals surface area contributed by atoms with E-state index < -0.39 is 10.0 Å². The molecule has 0 bridgehead atoms. The topological polar surface area (TPSA) is 72.2 Å². The first-order valence-corrected chi connectivity index (χ1v) is 8.21. The van der Waals surface area contributed by atoms with Crippen LogP contribution in [0.3, 0.4) is 0 Å². The van der Waals surface area contributed by atoms with Gasteiger partial charge in [0.05, 0.1) is 10.6 Å². The van der Waals surface area contributed by atoms with Crippen LogP contribution in [0.25, 0.3) is 0 Å². The number of nitrogen functional groups attached to an aromatic ring is 1. The number of nitrogens with one attached hydrogen (secondary N) is 1. The van der Waals surface area contributed by atoms with Crippen molar-refractivity contribution in [3.63, 3.8) is 0 Å². The Morgan fingerprint density at radius 1 is 1.00 bits per heavy atom. The fourth-order valence-corrected chi connectivity index (χ4v) is 3.73. The lowest BCUT2D eigenvalue weighted by Crippen LogP contribution is -2.13. The molecule has 0 amide bonds. The third-order valence-electron chi connectivity index (χ3n) is 2.68. The van der Waals surface area contributed by atoms with Crippen molar-refractivity contribution in [1.82, 2.24) is 0 Å². The van der Waals surface area contributed by atoms with Crippen LogP contribution in [0, 0.1) is 13.8 Å². The van der Waals surface area contributed by atoms with Gasteiger partial charge in [0.25, 0.3) is 10.0 Å². The molecular weight excluding hydrogens is 340 g/mol. The van der Waals surface area contributed by atoms with E-state index in [-0.39, 0.29) is 4.90 Å². The first-order chi connectivity index (χ1) is 9.26. The van der Waals surface area contributed by atoms with Crippen LogP contribution in [0.4, 0.5) is 11.4 Å². The number of aryl methyl sites for hydroxylation is 2. The van der Waals surface area contributed by atoms with Gasteiger partial charge < -0.3 is 5.73 Å². The summed E-state index contributed by atoms with van der Waals surface area (Å²) in [5.41, 5.74) is 8.40. The number of rotatable bonds is 3. The molecule has 0 aliphatic carbocycles. The van der Waals surface area contributed by atoms with Crippen LogP contribution >= 0.6 is 15.9 Å². The fourth-order valence-electron chi connectivity index (χ4n) is 1.94. The Labute approximate surface area is 127 Å². The molecule has 4 nitrogen and oxygen atoms in total. The number of benzene rings is 2. The lowest BCUT2D eigenvalue weighted by molar-refractivity contribution is 0.601. The van der Waals surface area contributed by atoms with Gasteiger partial charge in [-0.15, -0.1) is 0 Å². The van der Waals surface area contributed by atoms with Crippen molar-refractivity contribution >= 4 is 37.3 Å². The van der Waals surface area contributed by atoms with Crippen molar-refractivity contribution in [2.24, 2.45) is 0 Å². The van der Waals surface area contributed by atoms with E-state index in [4.69, 9.17) is 5.73 Å². The zero-order valence-corrected chi connectivity index (χ0v) is 13.5. The average molecular weight is 355 g/mol. The van der Waals surface area contributed by atoms with E-state index in [0.717, 1.165) is 15.6 Å². The van der Waals surface area contributed by atoms with Gasteiger partial charge in [-0.05, 0) is 61.4 Å². The van der Waals surface area contributed by atoms with Gasteiger partial charge in [-0.3, -0.25) is 4.72 Å². The van der Waals surface area contributed by atoms with Crippen molar-refractivity contribution in [2.45, 2.75) is 18.7 Å². The predicted molar refractivity (Wildman–Crippen MR) is 85.3 cm³/mol. The largest absolute Gasteiger partial charge is 0.399 e. The van der Waals surface area contributed by atoms with E-state index in [9.17, 15) is 8.42 Å². The molecular formula is C14H15BrN2O2S. The van der Waals surface area contributed by atoms with Gasteiger partial charge in [-0.1, -0.05) is 15.9 Å². The third kappa shape index (κ3) is 3.52. The van der Waals surface area contributed by atoms with E-state index in [1.54, 1.807) is 31.2 Å². The molecule has 0 aliphatic heterocycles. The van der Waals surface area contributed by atoms with Crippen LogP contribution in [0.2, 0.25) is 0 Å². The summed E-state index contributed by atoms with van der Waals surface area (Å²) >= 11 is 3.35. The maximum atomic E-state index is 12.3. The van der Waals surface area contributed by atoms with Crippen LogP contribution in [0.1, 0.15) is 11.1 Å². The third-order valence-corrected chi connectivity index (χ3v) is 4.50. The molecule has 0 aliphatic rings. The van der Waals surface area contributed by atoms with Gasteiger partial charge in [0.1, 0.15) is 0 Å². The molecule has 6 heteroatoms. The lowest BCUT2D eigenvalue weighted by atomic mass is 10.2. The monoisotopic (exact) mass is 354 g/mol. The van der Waals surface area contributed by atoms with Crippen LogP contribution in [0.5, 0.6) is 0 Å². The highest BCUT2D eigenvalue weighted by molar-refractivity contribution is 9.10. The molecule has 3 N–H and O–H groups in total. The van der Waals surface area contributed by atoms with Crippen molar-refractivity contribution in [3.8, 4) is 0 Å². The number of nitrogens with two attached hydrogens (primary N) is 1. The summed E-state index contributed by atoms with van der Waals surface area (Å²) in [5.74, 6) is 0. The molecule has 0 saturated carbocycles. The molecule has 2 aromatic rings. The summed E-state index contributed by atoms with van der Waals surface area (Å²) in [7, 11) is -3.64. The Kier molecular flexibility index (Phi) is 4.06. The fraction of sp³-hybridized carbons (Fsp3) is 0.143. The minimum Gasteiger partial charge on any atom is -0.399 e. The van der Waals surface area contributed by atoms with Gasteiger partial charge in [-0.2, -0.15) is 0 Å². The molecule has 20 heavy (non-hydrogen) atoms. The SMILES string of the molecule is Cc1cc(Br)cc(NS(=O)(=O)c2cc(C)cc(N)c2)c1. The van der Waals surface area contributed by atoms with Gasteiger partial charge >= 0.3 is 0 Å².